The maximum absolute atomic E-state index is 11.8. The number of rotatable bonds is 11. The third-order valence-electron chi connectivity index (χ3n) is 2.53. The van der Waals surface area contributed by atoms with Gasteiger partial charge >= 0.3 is 23.9 Å². The zero-order valence-electron chi connectivity index (χ0n) is 14.1. The molecule has 0 aromatic heterocycles. The standard InChI is InChI=1S/C14H22O8S2/c1-5-21-11(15)7-9(13(17)19-3)23-24-10(14(18)20-4)8-12(16)22-6-2/h9-10H,5-8H2,1-4H3. The molecule has 0 saturated carbocycles. The first-order chi connectivity index (χ1) is 11.4. The SMILES string of the molecule is CCOC(=O)CC(SSC(CC(=O)OCC)C(=O)OC)C(=O)OC. The highest BCUT2D eigenvalue weighted by molar-refractivity contribution is 8.77. The first-order valence-corrected chi connectivity index (χ1v) is 9.46. The van der Waals surface area contributed by atoms with E-state index in [2.05, 4.69) is 9.47 Å². The van der Waals surface area contributed by atoms with Crippen molar-refractivity contribution in [2.45, 2.75) is 37.2 Å². The van der Waals surface area contributed by atoms with Crippen molar-refractivity contribution in [1.29, 1.82) is 0 Å². The minimum absolute atomic E-state index is 0.193. The van der Waals surface area contributed by atoms with Crippen molar-refractivity contribution in [3.63, 3.8) is 0 Å². The van der Waals surface area contributed by atoms with Crippen LogP contribution in [0.3, 0.4) is 0 Å². The lowest BCUT2D eigenvalue weighted by Crippen LogP contribution is -2.26. The van der Waals surface area contributed by atoms with Gasteiger partial charge in [0.15, 0.2) is 0 Å². The highest BCUT2D eigenvalue weighted by atomic mass is 33.1. The molecule has 0 aromatic rings. The van der Waals surface area contributed by atoms with Crippen LogP contribution in [0.4, 0.5) is 0 Å². The second kappa shape index (κ2) is 12.9. The highest BCUT2D eigenvalue weighted by Crippen LogP contribution is 2.35. The number of carbonyl (C=O) groups excluding carboxylic acids is 4. The lowest BCUT2D eigenvalue weighted by atomic mass is 10.3. The molecule has 24 heavy (non-hydrogen) atoms. The molecule has 10 heteroatoms. The summed E-state index contributed by atoms with van der Waals surface area (Å²) < 4.78 is 18.9. The van der Waals surface area contributed by atoms with Gasteiger partial charge in [-0.2, -0.15) is 0 Å². The van der Waals surface area contributed by atoms with Crippen LogP contribution in [-0.2, 0) is 38.1 Å². The molecule has 2 atom stereocenters. The second-order valence-corrected chi connectivity index (χ2v) is 6.91. The Morgan fingerprint density at radius 3 is 1.33 bits per heavy atom. The molecule has 138 valence electrons. The van der Waals surface area contributed by atoms with Crippen molar-refractivity contribution in [3.05, 3.63) is 0 Å². The zero-order chi connectivity index (χ0) is 18.5. The average Bonchev–Trinajstić information content (AvgIpc) is 2.56. The van der Waals surface area contributed by atoms with Crippen LogP contribution in [-0.4, -0.2) is 61.8 Å². The van der Waals surface area contributed by atoms with Crippen LogP contribution in [0, 0.1) is 0 Å². The van der Waals surface area contributed by atoms with E-state index < -0.39 is 34.4 Å². The third-order valence-corrected chi connectivity index (χ3v) is 5.55. The van der Waals surface area contributed by atoms with E-state index in [9.17, 15) is 19.2 Å². The summed E-state index contributed by atoms with van der Waals surface area (Å²) in [6.45, 7) is 3.69. The van der Waals surface area contributed by atoms with Crippen LogP contribution in [0.25, 0.3) is 0 Å². The minimum Gasteiger partial charge on any atom is -0.468 e. The summed E-state index contributed by atoms with van der Waals surface area (Å²) in [5, 5.41) is -1.73. The Morgan fingerprint density at radius 2 is 1.08 bits per heavy atom. The fourth-order valence-electron chi connectivity index (χ4n) is 1.45. The molecule has 0 N–H and O–H groups in total. The number of carbonyl (C=O) groups is 4. The van der Waals surface area contributed by atoms with Crippen LogP contribution in [0.15, 0.2) is 0 Å². The quantitative estimate of drug-likeness (QED) is 0.295. The van der Waals surface area contributed by atoms with E-state index in [1.165, 1.54) is 14.2 Å². The Bertz CT molecular complexity index is 400. The molecule has 0 heterocycles. The molecular weight excluding hydrogens is 360 g/mol. The predicted octanol–water partition coefficient (Wildman–Crippen LogP) is 1.36. The summed E-state index contributed by atoms with van der Waals surface area (Å²) in [5.41, 5.74) is 0. The molecule has 0 aliphatic carbocycles. The maximum Gasteiger partial charge on any atom is 0.320 e. The lowest BCUT2D eigenvalue weighted by Gasteiger charge is -2.17. The van der Waals surface area contributed by atoms with Gasteiger partial charge in [-0.15, -0.1) is 0 Å². The number of methoxy groups -OCH3 is 2. The lowest BCUT2D eigenvalue weighted by molar-refractivity contribution is -0.148. The zero-order valence-corrected chi connectivity index (χ0v) is 15.7. The third kappa shape index (κ3) is 9.02. The first kappa shape index (κ1) is 22.6. The van der Waals surface area contributed by atoms with Gasteiger partial charge in [0, 0.05) is 0 Å². The molecular formula is C14H22O8S2. The van der Waals surface area contributed by atoms with E-state index in [4.69, 9.17) is 9.47 Å². The van der Waals surface area contributed by atoms with E-state index >= 15 is 0 Å². The Morgan fingerprint density at radius 1 is 0.750 bits per heavy atom. The first-order valence-electron chi connectivity index (χ1n) is 7.18. The van der Waals surface area contributed by atoms with Crippen molar-refractivity contribution < 1.29 is 38.1 Å². The molecule has 0 saturated heterocycles. The summed E-state index contributed by atoms with van der Waals surface area (Å²) in [7, 11) is 4.30. The van der Waals surface area contributed by atoms with E-state index in [1.54, 1.807) is 13.8 Å². The summed E-state index contributed by atoms with van der Waals surface area (Å²) in [5.74, 6) is -2.36. The molecule has 0 aliphatic rings. The Kier molecular flexibility index (Phi) is 12.2. The van der Waals surface area contributed by atoms with Crippen molar-refractivity contribution in [2.75, 3.05) is 27.4 Å². The molecule has 0 aromatic carbocycles. The van der Waals surface area contributed by atoms with Crippen molar-refractivity contribution in [3.8, 4) is 0 Å². The summed E-state index contributed by atoms with van der Waals surface area (Å²) in [6.07, 6.45) is -0.406. The van der Waals surface area contributed by atoms with Gasteiger partial charge in [-0.1, -0.05) is 21.6 Å². The number of esters is 4. The molecule has 0 radical (unpaired) electrons. The summed E-state index contributed by atoms with van der Waals surface area (Å²) in [4.78, 5) is 46.6. The fourth-order valence-corrected chi connectivity index (χ4v) is 4.16. The average molecular weight is 382 g/mol. The Labute approximate surface area is 148 Å². The van der Waals surface area contributed by atoms with Crippen molar-refractivity contribution in [2.24, 2.45) is 0 Å². The fraction of sp³-hybridized carbons (Fsp3) is 0.714. The van der Waals surface area contributed by atoms with Gasteiger partial charge in [0.1, 0.15) is 10.5 Å². The van der Waals surface area contributed by atoms with Crippen LogP contribution >= 0.6 is 21.6 Å². The van der Waals surface area contributed by atoms with E-state index in [1.807, 2.05) is 0 Å². The van der Waals surface area contributed by atoms with Gasteiger partial charge in [-0.25, -0.2) is 0 Å². The minimum atomic E-state index is -0.867. The van der Waals surface area contributed by atoms with Crippen molar-refractivity contribution >= 4 is 45.5 Å². The molecule has 0 aliphatic heterocycles. The molecule has 0 fully saturated rings. The van der Waals surface area contributed by atoms with Gasteiger partial charge < -0.3 is 18.9 Å². The molecule has 0 rings (SSSR count). The van der Waals surface area contributed by atoms with Crippen LogP contribution in [0.2, 0.25) is 0 Å². The normalized spacial score (nSPS) is 12.7. The molecule has 2 unspecified atom stereocenters. The Balaban J connectivity index is 4.82. The van der Waals surface area contributed by atoms with Gasteiger partial charge in [-0.05, 0) is 13.8 Å². The second-order valence-electron chi connectivity index (χ2n) is 4.23. The number of hydrogen-bond acceptors (Lipinski definition) is 10. The van der Waals surface area contributed by atoms with Crippen LogP contribution in [0.5, 0.6) is 0 Å². The van der Waals surface area contributed by atoms with Gasteiger partial charge in [0.05, 0.1) is 40.3 Å². The van der Waals surface area contributed by atoms with E-state index in [-0.39, 0.29) is 26.1 Å². The van der Waals surface area contributed by atoms with E-state index in [0.29, 0.717) is 0 Å². The van der Waals surface area contributed by atoms with Crippen molar-refractivity contribution in [1.82, 2.24) is 0 Å². The predicted molar refractivity (Wildman–Crippen MR) is 89.3 cm³/mol. The van der Waals surface area contributed by atoms with Gasteiger partial charge in [0.25, 0.3) is 0 Å². The summed E-state index contributed by atoms with van der Waals surface area (Å²) >= 11 is 0. The summed E-state index contributed by atoms with van der Waals surface area (Å²) in [6, 6.07) is 0. The van der Waals surface area contributed by atoms with Crippen LogP contribution < -0.4 is 0 Å². The Hall–Kier alpha value is -1.42. The van der Waals surface area contributed by atoms with Crippen LogP contribution in [0.1, 0.15) is 26.7 Å². The molecule has 8 nitrogen and oxygen atoms in total. The molecule has 0 bridgehead atoms. The van der Waals surface area contributed by atoms with Gasteiger partial charge in [0.2, 0.25) is 0 Å². The van der Waals surface area contributed by atoms with Gasteiger partial charge in [-0.3, -0.25) is 19.2 Å². The monoisotopic (exact) mass is 382 g/mol. The molecule has 0 amide bonds. The largest absolute Gasteiger partial charge is 0.468 e. The van der Waals surface area contributed by atoms with E-state index in [0.717, 1.165) is 21.6 Å². The maximum atomic E-state index is 11.8. The highest BCUT2D eigenvalue weighted by Gasteiger charge is 2.30. The molecule has 0 spiro atoms. The topological polar surface area (TPSA) is 105 Å². The number of hydrogen-bond donors (Lipinski definition) is 0. The number of ether oxygens (including phenoxy) is 4. The smallest absolute Gasteiger partial charge is 0.320 e.